The molecule has 0 aliphatic carbocycles. The van der Waals surface area contributed by atoms with E-state index in [1.807, 2.05) is 0 Å². The average molecular weight is 192 g/mol. The summed E-state index contributed by atoms with van der Waals surface area (Å²) in [6.45, 7) is 3.33. The predicted molar refractivity (Wildman–Crippen MR) is 51.4 cm³/mol. The molecule has 0 atom stereocenters. The average Bonchev–Trinajstić information content (AvgIpc) is 2.37. The maximum absolute atomic E-state index is 11.9. The summed E-state index contributed by atoms with van der Waals surface area (Å²) in [4.78, 5) is 11.9. The van der Waals surface area contributed by atoms with Crippen LogP contribution in [-0.2, 0) is 6.61 Å². The van der Waals surface area contributed by atoms with E-state index in [1.165, 1.54) is 0 Å². The Bertz CT molecular complexity index is 394. The van der Waals surface area contributed by atoms with Gasteiger partial charge in [0.05, 0.1) is 12.2 Å². The number of ketones is 1. The highest BCUT2D eigenvalue weighted by Crippen LogP contribution is 2.36. The molecule has 1 aliphatic heterocycles. The van der Waals surface area contributed by atoms with E-state index in [0.29, 0.717) is 16.9 Å². The lowest BCUT2D eigenvalue weighted by molar-refractivity contribution is 0.0683. The number of Topliss-reactive ketones (excluding diaryl/α,β-unsaturated/α-hetero) is 1. The third-order valence-electron chi connectivity index (χ3n) is 2.42. The molecule has 0 fully saturated rings. The molecule has 0 bridgehead atoms. The molecule has 0 saturated carbocycles. The number of fused-ring (bicyclic) bond motifs is 1. The topological polar surface area (TPSA) is 46.5 Å². The number of carbonyl (C=O) groups excluding carboxylic acids is 1. The van der Waals surface area contributed by atoms with Gasteiger partial charge in [0.2, 0.25) is 5.78 Å². The lowest BCUT2D eigenvalue weighted by atomic mass is 9.96. The van der Waals surface area contributed by atoms with Crippen LogP contribution in [0.2, 0.25) is 0 Å². The Hall–Kier alpha value is -1.35. The van der Waals surface area contributed by atoms with Gasteiger partial charge in [-0.3, -0.25) is 4.79 Å². The fourth-order valence-electron chi connectivity index (χ4n) is 1.67. The van der Waals surface area contributed by atoms with Crippen LogP contribution in [0, 0.1) is 0 Å². The second-order valence-electron chi connectivity index (χ2n) is 3.89. The van der Waals surface area contributed by atoms with Crippen molar-refractivity contribution in [1.82, 2.24) is 0 Å². The van der Waals surface area contributed by atoms with Crippen molar-refractivity contribution in [3.05, 3.63) is 29.3 Å². The second-order valence-corrected chi connectivity index (χ2v) is 3.89. The normalized spacial score (nSPS) is 17.8. The molecule has 0 radical (unpaired) electrons. The van der Waals surface area contributed by atoms with Crippen molar-refractivity contribution >= 4 is 5.78 Å². The fraction of sp³-hybridized carbons (Fsp3) is 0.364. The number of hydrogen-bond donors (Lipinski definition) is 1. The van der Waals surface area contributed by atoms with Gasteiger partial charge < -0.3 is 9.84 Å². The quantitative estimate of drug-likeness (QED) is 0.734. The summed E-state index contributed by atoms with van der Waals surface area (Å²) in [6.07, 6.45) is 0. The zero-order valence-corrected chi connectivity index (χ0v) is 8.20. The van der Waals surface area contributed by atoms with Crippen LogP contribution in [0.1, 0.15) is 29.8 Å². The van der Waals surface area contributed by atoms with Crippen LogP contribution in [0.15, 0.2) is 18.2 Å². The Morgan fingerprint density at radius 1 is 1.43 bits per heavy atom. The highest BCUT2D eigenvalue weighted by molar-refractivity contribution is 6.08. The first-order valence-electron chi connectivity index (χ1n) is 4.53. The fourth-order valence-corrected chi connectivity index (χ4v) is 1.67. The maximum atomic E-state index is 11.9. The third kappa shape index (κ3) is 1.13. The SMILES string of the molecule is CC1(C)Oc2cccc(CO)c2C1=O. The summed E-state index contributed by atoms with van der Waals surface area (Å²) in [5.41, 5.74) is 0.367. The number of carbonyl (C=O) groups is 1. The van der Waals surface area contributed by atoms with E-state index in [4.69, 9.17) is 9.84 Å². The smallest absolute Gasteiger partial charge is 0.209 e. The summed E-state index contributed by atoms with van der Waals surface area (Å²) >= 11 is 0. The third-order valence-corrected chi connectivity index (χ3v) is 2.42. The van der Waals surface area contributed by atoms with Gasteiger partial charge in [-0.05, 0) is 25.5 Å². The van der Waals surface area contributed by atoms with E-state index in [0.717, 1.165) is 0 Å². The van der Waals surface area contributed by atoms with Crippen molar-refractivity contribution in [2.45, 2.75) is 26.1 Å². The number of ether oxygens (including phenoxy) is 1. The molecule has 0 spiro atoms. The standard InChI is InChI=1S/C11H12O3/c1-11(2)10(13)9-7(6-12)4-3-5-8(9)14-11/h3-5,12H,6H2,1-2H3. The summed E-state index contributed by atoms with van der Waals surface area (Å²) in [5.74, 6) is 0.517. The highest BCUT2D eigenvalue weighted by Gasteiger charge is 2.40. The minimum atomic E-state index is -0.798. The van der Waals surface area contributed by atoms with Crippen molar-refractivity contribution in [1.29, 1.82) is 0 Å². The van der Waals surface area contributed by atoms with Crippen molar-refractivity contribution < 1.29 is 14.6 Å². The van der Waals surface area contributed by atoms with Crippen molar-refractivity contribution in [3.8, 4) is 5.75 Å². The molecule has 1 heterocycles. The minimum Gasteiger partial charge on any atom is -0.479 e. The molecule has 0 saturated heterocycles. The summed E-state index contributed by atoms with van der Waals surface area (Å²) in [7, 11) is 0. The molecule has 0 aromatic heterocycles. The van der Waals surface area contributed by atoms with Crippen LogP contribution in [0.5, 0.6) is 5.75 Å². The highest BCUT2D eigenvalue weighted by atomic mass is 16.5. The lowest BCUT2D eigenvalue weighted by Gasteiger charge is -2.14. The second kappa shape index (κ2) is 2.82. The number of hydrogen-bond acceptors (Lipinski definition) is 3. The molecule has 2 rings (SSSR count). The zero-order chi connectivity index (χ0) is 10.3. The van der Waals surface area contributed by atoms with Gasteiger partial charge in [-0.2, -0.15) is 0 Å². The molecule has 1 aliphatic rings. The number of aliphatic hydroxyl groups is 1. The van der Waals surface area contributed by atoms with E-state index in [2.05, 4.69) is 0 Å². The first kappa shape index (κ1) is 9.21. The molecule has 3 nitrogen and oxygen atoms in total. The number of rotatable bonds is 1. The van der Waals surface area contributed by atoms with E-state index in [-0.39, 0.29) is 12.4 Å². The summed E-state index contributed by atoms with van der Waals surface area (Å²) in [6, 6.07) is 5.27. The van der Waals surface area contributed by atoms with E-state index in [9.17, 15) is 4.79 Å². The van der Waals surface area contributed by atoms with Gasteiger partial charge in [0.15, 0.2) is 5.60 Å². The molecular formula is C11H12O3. The molecule has 1 aromatic rings. The molecule has 1 N–H and O–H groups in total. The molecule has 3 heteroatoms. The van der Waals surface area contributed by atoms with Crippen LogP contribution < -0.4 is 4.74 Å². The summed E-state index contributed by atoms with van der Waals surface area (Å²) in [5, 5.41) is 9.08. The van der Waals surface area contributed by atoms with Crippen LogP contribution in [-0.4, -0.2) is 16.5 Å². The van der Waals surface area contributed by atoms with E-state index >= 15 is 0 Å². The Kier molecular flexibility index (Phi) is 1.86. The van der Waals surface area contributed by atoms with Gasteiger partial charge in [-0.15, -0.1) is 0 Å². The van der Waals surface area contributed by atoms with Crippen LogP contribution in [0.3, 0.4) is 0 Å². The molecular weight excluding hydrogens is 180 g/mol. The molecule has 14 heavy (non-hydrogen) atoms. The van der Waals surface area contributed by atoms with Gasteiger partial charge in [0.25, 0.3) is 0 Å². The molecule has 74 valence electrons. The molecule has 1 aromatic carbocycles. The van der Waals surface area contributed by atoms with Gasteiger partial charge in [0, 0.05) is 0 Å². The van der Waals surface area contributed by atoms with Crippen molar-refractivity contribution in [2.24, 2.45) is 0 Å². The maximum Gasteiger partial charge on any atom is 0.209 e. The van der Waals surface area contributed by atoms with Gasteiger partial charge in [0.1, 0.15) is 5.75 Å². The van der Waals surface area contributed by atoms with Gasteiger partial charge in [-0.1, -0.05) is 12.1 Å². The predicted octanol–water partition coefficient (Wildman–Crippen LogP) is 1.53. The van der Waals surface area contributed by atoms with Crippen molar-refractivity contribution in [2.75, 3.05) is 0 Å². The Morgan fingerprint density at radius 2 is 2.14 bits per heavy atom. The zero-order valence-electron chi connectivity index (χ0n) is 8.20. The minimum absolute atomic E-state index is 0.0582. The van der Waals surface area contributed by atoms with Gasteiger partial charge in [-0.25, -0.2) is 0 Å². The molecule has 0 unspecified atom stereocenters. The summed E-state index contributed by atoms with van der Waals surface area (Å²) < 4.78 is 5.49. The molecule has 0 amide bonds. The van der Waals surface area contributed by atoms with Crippen molar-refractivity contribution in [3.63, 3.8) is 0 Å². The number of benzene rings is 1. The van der Waals surface area contributed by atoms with Crippen LogP contribution >= 0.6 is 0 Å². The Balaban J connectivity index is 2.60. The van der Waals surface area contributed by atoms with Gasteiger partial charge >= 0.3 is 0 Å². The Labute approximate surface area is 82.3 Å². The first-order valence-corrected chi connectivity index (χ1v) is 4.53. The largest absolute Gasteiger partial charge is 0.479 e. The lowest BCUT2D eigenvalue weighted by Crippen LogP contribution is -2.32. The number of aliphatic hydroxyl groups excluding tert-OH is 1. The van der Waals surface area contributed by atoms with Crippen LogP contribution in [0.25, 0.3) is 0 Å². The van der Waals surface area contributed by atoms with E-state index < -0.39 is 5.60 Å². The Morgan fingerprint density at radius 3 is 2.79 bits per heavy atom. The monoisotopic (exact) mass is 192 g/mol. The van der Waals surface area contributed by atoms with Crippen LogP contribution in [0.4, 0.5) is 0 Å². The first-order chi connectivity index (χ1) is 6.56. The van der Waals surface area contributed by atoms with E-state index in [1.54, 1.807) is 32.0 Å².